The van der Waals surface area contributed by atoms with Gasteiger partial charge < -0.3 is 0 Å². The first kappa shape index (κ1) is 28.2. The molecule has 2 aliphatic rings. The lowest BCUT2D eigenvalue weighted by Gasteiger charge is -2.33. The van der Waals surface area contributed by atoms with Crippen molar-refractivity contribution in [1.29, 1.82) is 0 Å². The Morgan fingerprint density at radius 2 is 0.904 bits per heavy atom. The Balaban J connectivity index is 0.985. The van der Waals surface area contributed by atoms with Gasteiger partial charge in [0.2, 0.25) is 0 Å². The second-order valence-corrected chi connectivity index (χ2v) is 14.9. The molecule has 0 heteroatoms. The molecular formula is C52H32. The molecule has 10 aromatic carbocycles. The molecule has 10 aromatic rings. The Hall–Kier alpha value is -6.50. The molecule has 0 radical (unpaired) electrons. The standard InChI is InChI=1S/C52H32/c1-3-8-34-28-48-39(24-32(34)6-1)14-12-36-26-38(17-20-44(36)48)43-22-19-42-30-50(46-11-5-10-31-16-23-47(43)52(42)51(31)46)41-18-21-45-37(27-41)13-15-40-25-33-7-2-4-9-35(33)29-49(40)45/h1-30,43,47H. The fourth-order valence-electron chi connectivity index (χ4n) is 9.58. The fraction of sp³-hybridized carbons (Fsp3) is 0.0385. The summed E-state index contributed by atoms with van der Waals surface area (Å²) in [6.45, 7) is 0. The van der Waals surface area contributed by atoms with Gasteiger partial charge in [0.25, 0.3) is 0 Å². The van der Waals surface area contributed by atoms with Gasteiger partial charge in [0.05, 0.1) is 0 Å². The maximum atomic E-state index is 2.45. The quantitative estimate of drug-likeness (QED) is 0.128. The van der Waals surface area contributed by atoms with Crippen LogP contribution in [-0.4, -0.2) is 0 Å². The van der Waals surface area contributed by atoms with Gasteiger partial charge in [-0.25, -0.2) is 0 Å². The van der Waals surface area contributed by atoms with Crippen molar-refractivity contribution in [1.82, 2.24) is 0 Å². The van der Waals surface area contributed by atoms with Crippen molar-refractivity contribution in [2.75, 3.05) is 0 Å². The molecule has 2 atom stereocenters. The first-order valence-corrected chi connectivity index (χ1v) is 18.4. The Labute approximate surface area is 301 Å². The summed E-state index contributed by atoms with van der Waals surface area (Å²) in [6.07, 6.45) is 9.67. The smallest absolute Gasteiger partial charge is 0.0137 e. The first-order chi connectivity index (χ1) is 25.7. The predicted molar refractivity (Wildman–Crippen MR) is 224 cm³/mol. The van der Waals surface area contributed by atoms with E-state index in [2.05, 4.69) is 182 Å². The molecule has 2 unspecified atom stereocenters. The fourth-order valence-corrected chi connectivity index (χ4v) is 9.58. The van der Waals surface area contributed by atoms with Gasteiger partial charge in [-0.1, -0.05) is 146 Å². The van der Waals surface area contributed by atoms with Gasteiger partial charge in [-0.15, -0.1) is 0 Å². The zero-order valence-electron chi connectivity index (χ0n) is 28.5. The summed E-state index contributed by atoms with van der Waals surface area (Å²) in [4.78, 5) is 0. The van der Waals surface area contributed by atoms with Crippen LogP contribution in [0.4, 0.5) is 0 Å². The van der Waals surface area contributed by atoms with Crippen molar-refractivity contribution >= 4 is 87.6 Å². The molecule has 240 valence electrons. The molecule has 0 heterocycles. The Morgan fingerprint density at radius 1 is 0.327 bits per heavy atom. The van der Waals surface area contributed by atoms with Crippen LogP contribution in [0.2, 0.25) is 0 Å². The van der Waals surface area contributed by atoms with E-state index in [0.29, 0.717) is 0 Å². The van der Waals surface area contributed by atoms with Gasteiger partial charge >= 0.3 is 0 Å². The minimum Gasteiger partial charge on any atom is -0.0755 e. The molecule has 0 bridgehead atoms. The number of rotatable bonds is 2. The molecule has 0 nitrogen and oxygen atoms in total. The van der Waals surface area contributed by atoms with Crippen molar-refractivity contribution in [3.8, 4) is 11.1 Å². The maximum Gasteiger partial charge on any atom is 0.0137 e. The summed E-state index contributed by atoms with van der Waals surface area (Å²) < 4.78 is 0. The highest BCUT2D eigenvalue weighted by molar-refractivity contribution is 6.15. The van der Waals surface area contributed by atoms with Crippen LogP contribution in [0.3, 0.4) is 0 Å². The van der Waals surface area contributed by atoms with Crippen molar-refractivity contribution < 1.29 is 0 Å². The molecular weight excluding hydrogens is 625 g/mol. The number of benzene rings is 10. The molecule has 0 spiro atoms. The molecule has 0 aliphatic heterocycles. The van der Waals surface area contributed by atoms with Gasteiger partial charge in [-0.05, 0) is 145 Å². The third-order valence-electron chi connectivity index (χ3n) is 12.1. The van der Waals surface area contributed by atoms with Crippen LogP contribution in [-0.2, 0) is 0 Å². The molecule has 0 N–H and O–H groups in total. The van der Waals surface area contributed by atoms with Gasteiger partial charge in [-0.3, -0.25) is 0 Å². The predicted octanol–water partition coefficient (Wildman–Crippen LogP) is 14.3. The highest BCUT2D eigenvalue weighted by atomic mass is 14.3. The van der Waals surface area contributed by atoms with Crippen LogP contribution in [0.15, 0.2) is 170 Å². The van der Waals surface area contributed by atoms with Crippen molar-refractivity contribution in [2.24, 2.45) is 0 Å². The molecule has 0 aromatic heterocycles. The van der Waals surface area contributed by atoms with E-state index >= 15 is 0 Å². The highest BCUT2D eigenvalue weighted by Gasteiger charge is 2.31. The van der Waals surface area contributed by atoms with Crippen LogP contribution in [0, 0.1) is 0 Å². The van der Waals surface area contributed by atoms with E-state index in [4.69, 9.17) is 0 Å². The molecule has 0 saturated carbocycles. The van der Waals surface area contributed by atoms with Gasteiger partial charge in [-0.2, -0.15) is 0 Å². The van der Waals surface area contributed by atoms with Crippen LogP contribution in [0.1, 0.15) is 34.1 Å². The normalized spacial score (nSPS) is 16.3. The lowest BCUT2D eigenvalue weighted by molar-refractivity contribution is 0.736. The van der Waals surface area contributed by atoms with Crippen molar-refractivity contribution in [2.45, 2.75) is 11.8 Å². The van der Waals surface area contributed by atoms with E-state index in [-0.39, 0.29) is 11.8 Å². The summed E-state index contributed by atoms with van der Waals surface area (Å²) >= 11 is 0. The second kappa shape index (κ2) is 10.5. The van der Waals surface area contributed by atoms with E-state index in [1.165, 1.54) is 109 Å². The topological polar surface area (TPSA) is 0 Å². The monoisotopic (exact) mass is 656 g/mol. The summed E-state index contributed by atoms with van der Waals surface area (Å²) in [5.41, 5.74) is 8.06. The Bertz CT molecular complexity index is 3250. The van der Waals surface area contributed by atoms with Gasteiger partial charge in [0.1, 0.15) is 0 Å². The van der Waals surface area contributed by atoms with E-state index in [1.54, 1.807) is 0 Å². The van der Waals surface area contributed by atoms with Crippen LogP contribution in [0.25, 0.3) is 98.7 Å². The van der Waals surface area contributed by atoms with Crippen LogP contribution < -0.4 is 0 Å². The summed E-state index contributed by atoms with van der Waals surface area (Å²) in [5.74, 6) is 0.555. The van der Waals surface area contributed by atoms with Gasteiger partial charge in [0, 0.05) is 11.8 Å². The van der Waals surface area contributed by atoms with Crippen LogP contribution in [0.5, 0.6) is 0 Å². The molecule has 12 rings (SSSR count). The van der Waals surface area contributed by atoms with Crippen molar-refractivity contribution in [3.63, 3.8) is 0 Å². The maximum absolute atomic E-state index is 2.45. The average Bonchev–Trinajstić information content (AvgIpc) is 3.20. The number of fused-ring (bicyclic) bond motifs is 8. The SMILES string of the molecule is C1=CC(c2ccc3c(ccc4cc5ccccc5cc43)c2)C2C=Cc3cccc4c(-c5ccc6c(ccc7cc8ccccc8cc76)c5)cc1c2c34. The molecule has 52 heavy (non-hydrogen) atoms. The number of hydrogen-bond acceptors (Lipinski definition) is 0. The zero-order valence-corrected chi connectivity index (χ0v) is 28.5. The zero-order chi connectivity index (χ0) is 33.9. The Morgan fingerprint density at radius 3 is 1.60 bits per heavy atom. The van der Waals surface area contributed by atoms with Crippen molar-refractivity contribution in [3.05, 3.63) is 192 Å². The third-order valence-corrected chi connectivity index (χ3v) is 12.1. The Kier molecular flexibility index (Phi) is 5.71. The van der Waals surface area contributed by atoms with E-state index in [1.807, 2.05) is 0 Å². The molecule has 0 saturated heterocycles. The van der Waals surface area contributed by atoms with E-state index in [0.717, 1.165) is 0 Å². The first-order valence-electron chi connectivity index (χ1n) is 18.4. The minimum absolute atomic E-state index is 0.271. The van der Waals surface area contributed by atoms with E-state index < -0.39 is 0 Å². The highest BCUT2D eigenvalue weighted by Crippen LogP contribution is 2.50. The van der Waals surface area contributed by atoms with E-state index in [9.17, 15) is 0 Å². The lowest BCUT2D eigenvalue weighted by Crippen LogP contribution is -2.15. The summed E-state index contributed by atoms with van der Waals surface area (Å²) in [5, 5.41) is 18.3. The minimum atomic E-state index is 0.271. The third kappa shape index (κ3) is 4.04. The molecule has 2 aliphatic carbocycles. The number of hydrogen-bond donors (Lipinski definition) is 0. The van der Waals surface area contributed by atoms with Crippen LogP contribution >= 0.6 is 0 Å². The largest absolute Gasteiger partial charge is 0.0755 e. The molecule has 0 fully saturated rings. The average molecular weight is 657 g/mol. The second-order valence-electron chi connectivity index (χ2n) is 14.9. The summed E-state index contributed by atoms with van der Waals surface area (Å²) in [7, 11) is 0. The van der Waals surface area contributed by atoms with Gasteiger partial charge in [0.15, 0.2) is 0 Å². The summed E-state index contributed by atoms with van der Waals surface area (Å²) in [6, 6.07) is 59.4. The lowest BCUT2D eigenvalue weighted by atomic mass is 9.70. The molecule has 0 amide bonds. The number of allylic oxidation sites excluding steroid dienone is 2.